The minimum Gasteiger partial charge on any atom is -0.340 e. The maximum Gasteiger partial charge on any atom is 0.225 e. The van der Waals surface area contributed by atoms with Crippen molar-refractivity contribution in [3.8, 4) is 0 Å². The zero-order valence-corrected chi connectivity index (χ0v) is 10.2. The van der Waals surface area contributed by atoms with Gasteiger partial charge in [0.2, 0.25) is 5.91 Å². The lowest BCUT2D eigenvalue weighted by Gasteiger charge is -2.37. The molecule has 1 rings (SSSR count). The summed E-state index contributed by atoms with van der Waals surface area (Å²) >= 11 is 0. The van der Waals surface area contributed by atoms with E-state index in [1.807, 2.05) is 11.8 Å². The van der Waals surface area contributed by atoms with Crippen molar-refractivity contribution in [1.29, 1.82) is 0 Å². The van der Waals surface area contributed by atoms with Gasteiger partial charge in [-0.2, -0.15) is 0 Å². The summed E-state index contributed by atoms with van der Waals surface area (Å²) in [6.07, 6.45) is 3.97. The molecule has 3 heteroatoms. The summed E-state index contributed by atoms with van der Waals surface area (Å²) in [7, 11) is 0. The van der Waals surface area contributed by atoms with Crippen LogP contribution in [0.15, 0.2) is 0 Å². The Hall–Kier alpha value is -0.570. The van der Waals surface area contributed by atoms with Crippen LogP contribution in [0.4, 0.5) is 0 Å². The molecule has 3 unspecified atom stereocenters. The van der Waals surface area contributed by atoms with E-state index >= 15 is 0 Å². The second kappa shape index (κ2) is 5.50. The molecule has 0 aromatic heterocycles. The van der Waals surface area contributed by atoms with Crippen molar-refractivity contribution >= 4 is 5.91 Å². The molecular weight excluding hydrogens is 188 g/mol. The van der Waals surface area contributed by atoms with Gasteiger partial charge in [-0.05, 0) is 26.2 Å². The Morgan fingerprint density at radius 3 is 2.80 bits per heavy atom. The quantitative estimate of drug-likeness (QED) is 0.775. The van der Waals surface area contributed by atoms with Crippen LogP contribution in [0.1, 0.15) is 46.5 Å². The Morgan fingerprint density at radius 1 is 1.60 bits per heavy atom. The van der Waals surface area contributed by atoms with Crippen molar-refractivity contribution in [1.82, 2.24) is 4.90 Å². The largest absolute Gasteiger partial charge is 0.340 e. The standard InChI is InChI=1S/C12H24N2O/c1-4-5-9(2)12(15)14-7-6-11(13)8-10(14)3/h9-11H,4-8,13H2,1-3H3. The van der Waals surface area contributed by atoms with E-state index < -0.39 is 0 Å². The third kappa shape index (κ3) is 3.20. The molecular formula is C12H24N2O. The molecule has 1 aliphatic rings. The monoisotopic (exact) mass is 212 g/mol. The number of hydrogen-bond acceptors (Lipinski definition) is 2. The maximum atomic E-state index is 12.1. The Morgan fingerprint density at radius 2 is 2.27 bits per heavy atom. The molecule has 3 atom stereocenters. The summed E-state index contributed by atoms with van der Waals surface area (Å²) in [6.45, 7) is 7.11. The number of carbonyl (C=O) groups is 1. The van der Waals surface area contributed by atoms with Crippen molar-refractivity contribution in [3.05, 3.63) is 0 Å². The van der Waals surface area contributed by atoms with E-state index in [1.165, 1.54) is 0 Å². The molecule has 0 aliphatic carbocycles. The first-order valence-corrected chi connectivity index (χ1v) is 6.12. The molecule has 88 valence electrons. The summed E-state index contributed by atoms with van der Waals surface area (Å²) in [5.74, 6) is 0.489. The molecule has 0 aromatic rings. The number of likely N-dealkylation sites (tertiary alicyclic amines) is 1. The van der Waals surface area contributed by atoms with Crippen molar-refractivity contribution in [2.45, 2.75) is 58.5 Å². The van der Waals surface area contributed by atoms with Gasteiger partial charge in [-0.3, -0.25) is 4.79 Å². The summed E-state index contributed by atoms with van der Waals surface area (Å²) < 4.78 is 0. The van der Waals surface area contributed by atoms with Crippen LogP contribution in [0.25, 0.3) is 0 Å². The van der Waals surface area contributed by atoms with Crippen LogP contribution in [-0.2, 0) is 4.79 Å². The predicted octanol–water partition coefficient (Wildman–Crippen LogP) is 1.76. The van der Waals surface area contributed by atoms with Gasteiger partial charge in [0.05, 0.1) is 0 Å². The van der Waals surface area contributed by atoms with Gasteiger partial charge in [0, 0.05) is 24.5 Å². The van der Waals surface area contributed by atoms with Crippen LogP contribution in [0.3, 0.4) is 0 Å². The van der Waals surface area contributed by atoms with E-state index in [2.05, 4.69) is 13.8 Å². The minimum atomic E-state index is 0.173. The number of hydrogen-bond donors (Lipinski definition) is 1. The molecule has 0 aromatic carbocycles. The second-order valence-corrected chi connectivity index (χ2v) is 4.85. The average molecular weight is 212 g/mol. The highest BCUT2D eigenvalue weighted by molar-refractivity contribution is 5.78. The molecule has 1 saturated heterocycles. The molecule has 2 N–H and O–H groups in total. The van der Waals surface area contributed by atoms with Gasteiger partial charge in [0.1, 0.15) is 0 Å². The highest BCUT2D eigenvalue weighted by Crippen LogP contribution is 2.20. The van der Waals surface area contributed by atoms with Gasteiger partial charge in [-0.1, -0.05) is 20.3 Å². The minimum absolute atomic E-state index is 0.173. The molecule has 1 heterocycles. The summed E-state index contributed by atoms with van der Waals surface area (Å²) in [6, 6.07) is 0.603. The van der Waals surface area contributed by atoms with Crippen LogP contribution in [0, 0.1) is 5.92 Å². The fraction of sp³-hybridized carbons (Fsp3) is 0.917. The van der Waals surface area contributed by atoms with E-state index in [0.717, 1.165) is 32.2 Å². The molecule has 1 fully saturated rings. The number of nitrogens with two attached hydrogens (primary N) is 1. The number of amides is 1. The summed E-state index contributed by atoms with van der Waals surface area (Å²) in [5, 5.41) is 0. The fourth-order valence-electron chi connectivity index (χ4n) is 2.38. The Bertz CT molecular complexity index is 218. The van der Waals surface area contributed by atoms with Crippen molar-refractivity contribution < 1.29 is 4.79 Å². The molecule has 0 radical (unpaired) electrons. The molecule has 3 nitrogen and oxygen atoms in total. The number of piperidine rings is 1. The topological polar surface area (TPSA) is 46.3 Å². The lowest BCUT2D eigenvalue weighted by atomic mass is 9.96. The Kier molecular flexibility index (Phi) is 4.58. The van der Waals surface area contributed by atoms with Crippen LogP contribution < -0.4 is 5.73 Å². The van der Waals surface area contributed by atoms with Crippen molar-refractivity contribution in [3.63, 3.8) is 0 Å². The lowest BCUT2D eigenvalue weighted by Crippen LogP contribution is -2.49. The maximum absolute atomic E-state index is 12.1. The third-order valence-corrected chi connectivity index (χ3v) is 3.34. The zero-order valence-electron chi connectivity index (χ0n) is 10.2. The molecule has 0 saturated carbocycles. The first-order chi connectivity index (χ1) is 7.06. The van der Waals surface area contributed by atoms with Gasteiger partial charge < -0.3 is 10.6 Å². The predicted molar refractivity (Wildman–Crippen MR) is 62.5 cm³/mol. The summed E-state index contributed by atoms with van der Waals surface area (Å²) in [4.78, 5) is 14.1. The van der Waals surface area contributed by atoms with Crippen LogP contribution >= 0.6 is 0 Å². The van der Waals surface area contributed by atoms with Crippen molar-refractivity contribution in [2.75, 3.05) is 6.54 Å². The molecule has 1 aliphatic heterocycles. The van der Waals surface area contributed by atoms with Crippen molar-refractivity contribution in [2.24, 2.45) is 11.7 Å². The van der Waals surface area contributed by atoms with E-state index in [1.54, 1.807) is 0 Å². The van der Waals surface area contributed by atoms with Crippen LogP contribution in [0.5, 0.6) is 0 Å². The zero-order chi connectivity index (χ0) is 11.4. The SMILES string of the molecule is CCCC(C)C(=O)N1CCC(N)CC1C. The first kappa shape index (κ1) is 12.5. The fourth-order valence-corrected chi connectivity index (χ4v) is 2.38. The van der Waals surface area contributed by atoms with Gasteiger partial charge in [0.25, 0.3) is 0 Å². The van der Waals surface area contributed by atoms with Crippen LogP contribution in [-0.4, -0.2) is 29.4 Å². The molecule has 0 spiro atoms. The van der Waals surface area contributed by atoms with Gasteiger partial charge in [-0.15, -0.1) is 0 Å². The Labute approximate surface area is 93.0 Å². The van der Waals surface area contributed by atoms with Gasteiger partial charge >= 0.3 is 0 Å². The first-order valence-electron chi connectivity index (χ1n) is 6.12. The second-order valence-electron chi connectivity index (χ2n) is 4.85. The van der Waals surface area contributed by atoms with Gasteiger partial charge in [-0.25, -0.2) is 0 Å². The smallest absolute Gasteiger partial charge is 0.225 e. The summed E-state index contributed by atoms with van der Waals surface area (Å²) in [5.41, 5.74) is 5.88. The molecule has 15 heavy (non-hydrogen) atoms. The number of carbonyl (C=O) groups excluding carboxylic acids is 1. The van der Waals surface area contributed by atoms with E-state index in [0.29, 0.717) is 11.9 Å². The molecule has 1 amide bonds. The van der Waals surface area contributed by atoms with E-state index in [-0.39, 0.29) is 12.0 Å². The third-order valence-electron chi connectivity index (χ3n) is 3.34. The number of rotatable bonds is 3. The van der Waals surface area contributed by atoms with Crippen LogP contribution in [0.2, 0.25) is 0 Å². The van der Waals surface area contributed by atoms with E-state index in [4.69, 9.17) is 5.73 Å². The van der Waals surface area contributed by atoms with Gasteiger partial charge in [0.15, 0.2) is 0 Å². The van der Waals surface area contributed by atoms with E-state index in [9.17, 15) is 4.79 Å². The highest BCUT2D eigenvalue weighted by atomic mass is 16.2. The normalized spacial score (nSPS) is 28.9. The number of nitrogens with zero attached hydrogens (tertiary/aromatic N) is 1. The lowest BCUT2D eigenvalue weighted by molar-refractivity contribution is -0.138. The Balaban J connectivity index is 2.52. The molecule has 0 bridgehead atoms. The highest BCUT2D eigenvalue weighted by Gasteiger charge is 2.29. The average Bonchev–Trinajstić information content (AvgIpc) is 2.17.